The van der Waals surface area contributed by atoms with Crippen LogP contribution in [0.15, 0.2) is 35.2 Å². The van der Waals surface area contributed by atoms with Crippen molar-refractivity contribution in [3.8, 4) is 17.2 Å². The third-order valence-electron chi connectivity index (χ3n) is 4.20. The molecule has 0 fully saturated rings. The zero-order chi connectivity index (χ0) is 23.2. The minimum Gasteiger partial charge on any atom is -0.493 e. The molecule has 0 bridgehead atoms. The van der Waals surface area contributed by atoms with Crippen molar-refractivity contribution in [2.24, 2.45) is 0 Å². The molecule has 11 heteroatoms. The highest BCUT2D eigenvalue weighted by Gasteiger charge is 2.23. The Morgan fingerprint density at radius 3 is 2.10 bits per heavy atom. The molecule has 0 radical (unpaired) electrons. The topological polar surface area (TPSA) is 126 Å². The van der Waals surface area contributed by atoms with Gasteiger partial charge in [0.2, 0.25) is 0 Å². The molecule has 0 aliphatic rings. The number of esters is 2. The largest absolute Gasteiger partial charge is 0.493 e. The summed E-state index contributed by atoms with van der Waals surface area (Å²) in [4.78, 5) is 23.3. The molecular formula is C20H23NO9S. The number of carbonyl (C=O) groups excluding carboxylic acids is 2. The van der Waals surface area contributed by atoms with E-state index in [1.165, 1.54) is 58.8 Å². The summed E-state index contributed by atoms with van der Waals surface area (Å²) in [5.74, 6) is -0.557. The number of rotatable bonds is 9. The molecule has 0 unspecified atom stereocenters. The number of sulfonamides is 1. The van der Waals surface area contributed by atoms with E-state index in [0.717, 1.165) is 0 Å². The van der Waals surface area contributed by atoms with Crippen LogP contribution >= 0.6 is 0 Å². The van der Waals surface area contributed by atoms with Crippen molar-refractivity contribution < 1.29 is 41.7 Å². The molecule has 168 valence electrons. The van der Waals surface area contributed by atoms with Gasteiger partial charge in [0.15, 0.2) is 18.1 Å². The van der Waals surface area contributed by atoms with Gasteiger partial charge in [0.1, 0.15) is 5.75 Å². The lowest BCUT2D eigenvalue weighted by molar-refractivity contribution is -0.142. The maximum Gasteiger partial charge on any atom is 0.343 e. The van der Waals surface area contributed by atoms with Crippen molar-refractivity contribution in [1.29, 1.82) is 0 Å². The lowest BCUT2D eigenvalue weighted by Crippen LogP contribution is -2.17. The van der Waals surface area contributed by atoms with Gasteiger partial charge in [-0.25, -0.2) is 18.0 Å². The first kappa shape index (κ1) is 23.8. The number of carbonyl (C=O) groups is 2. The van der Waals surface area contributed by atoms with Crippen molar-refractivity contribution in [3.63, 3.8) is 0 Å². The van der Waals surface area contributed by atoms with Crippen molar-refractivity contribution in [1.82, 2.24) is 0 Å². The molecule has 0 saturated carbocycles. The SMILES string of the molecule is COC(=O)COc1ccc(S(=O)(=O)Nc2cc(OC)c(OC)cc2C(=O)OC)cc1C. The minimum absolute atomic E-state index is 0.0480. The zero-order valence-corrected chi connectivity index (χ0v) is 18.5. The first-order chi connectivity index (χ1) is 14.7. The molecule has 0 amide bonds. The van der Waals surface area contributed by atoms with Gasteiger partial charge in [0, 0.05) is 12.1 Å². The Kier molecular flexibility index (Phi) is 7.70. The van der Waals surface area contributed by atoms with E-state index < -0.39 is 22.0 Å². The smallest absolute Gasteiger partial charge is 0.343 e. The van der Waals surface area contributed by atoms with Gasteiger partial charge in [0.25, 0.3) is 10.0 Å². The van der Waals surface area contributed by atoms with Crippen LogP contribution in [0.3, 0.4) is 0 Å². The summed E-state index contributed by atoms with van der Waals surface area (Å²) in [6.07, 6.45) is 0. The highest BCUT2D eigenvalue weighted by molar-refractivity contribution is 7.92. The van der Waals surface area contributed by atoms with Gasteiger partial charge in [-0.15, -0.1) is 0 Å². The number of benzene rings is 2. The quantitative estimate of drug-likeness (QED) is 0.568. The van der Waals surface area contributed by atoms with Crippen molar-refractivity contribution in [2.75, 3.05) is 39.8 Å². The molecule has 2 aromatic carbocycles. The van der Waals surface area contributed by atoms with Crippen LogP contribution in [-0.4, -0.2) is 55.4 Å². The van der Waals surface area contributed by atoms with Crippen LogP contribution in [0.1, 0.15) is 15.9 Å². The number of nitrogens with one attached hydrogen (secondary N) is 1. The third-order valence-corrected chi connectivity index (χ3v) is 5.57. The number of methoxy groups -OCH3 is 4. The molecule has 2 aromatic rings. The second-order valence-electron chi connectivity index (χ2n) is 6.14. The van der Waals surface area contributed by atoms with E-state index in [1.807, 2.05) is 0 Å². The van der Waals surface area contributed by atoms with Crippen LogP contribution in [0.4, 0.5) is 5.69 Å². The van der Waals surface area contributed by atoms with Crippen LogP contribution in [-0.2, 0) is 24.3 Å². The fraction of sp³-hybridized carbons (Fsp3) is 0.300. The molecule has 31 heavy (non-hydrogen) atoms. The van der Waals surface area contributed by atoms with Crippen LogP contribution < -0.4 is 18.9 Å². The zero-order valence-electron chi connectivity index (χ0n) is 17.7. The molecule has 0 aliphatic carbocycles. The summed E-state index contributed by atoms with van der Waals surface area (Å²) >= 11 is 0. The summed E-state index contributed by atoms with van der Waals surface area (Å²) < 4.78 is 53.2. The fourth-order valence-corrected chi connectivity index (χ4v) is 3.75. The van der Waals surface area contributed by atoms with Crippen molar-refractivity contribution in [2.45, 2.75) is 11.8 Å². The van der Waals surface area contributed by atoms with E-state index in [2.05, 4.69) is 9.46 Å². The Balaban J connectivity index is 2.40. The fourth-order valence-electron chi connectivity index (χ4n) is 2.59. The predicted molar refractivity (Wildman–Crippen MR) is 110 cm³/mol. The van der Waals surface area contributed by atoms with E-state index in [-0.39, 0.29) is 34.3 Å². The number of hydrogen-bond acceptors (Lipinski definition) is 9. The molecule has 10 nitrogen and oxygen atoms in total. The van der Waals surface area contributed by atoms with Gasteiger partial charge in [-0.2, -0.15) is 0 Å². The molecule has 0 aliphatic heterocycles. The van der Waals surface area contributed by atoms with Crippen LogP contribution in [0, 0.1) is 6.92 Å². The van der Waals surface area contributed by atoms with E-state index in [4.69, 9.17) is 18.9 Å². The Bertz CT molecular complexity index is 1080. The monoisotopic (exact) mass is 453 g/mol. The highest BCUT2D eigenvalue weighted by Crippen LogP contribution is 2.35. The molecule has 0 atom stereocenters. The summed E-state index contributed by atoms with van der Waals surface area (Å²) in [7, 11) is 1.07. The molecule has 0 aromatic heterocycles. The first-order valence-corrected chi connectivity index (χ1v) is 10.3. The van der Waals surface area contributed by atoms with Gasteiger partial charge in [-0.3, -0.25) is 4.72 Å². The molecule has 0 heterocycles. The Hall–Kier alpha value is -3.47. The summed E-state index contributed by atoms with van der Waals surface area (Å²) in [6.45, 7) is 1.32. The lowest BCUT2D eigenvalue weighted by atomic mass is 10.1. The second-order valence-corrected chi connectivity index (χ2v) is 7.82. The predicted octanol–water partition coefficient (Wildman–Crippen LogP) is 2.15. The molecular weight excluding hydrogens is 430 g/mol. The van der Waals surface area contributed by atoms with Gasteiger partial charge < -0.3 is 23.7 Å². The molecule has 2 rings (SSSR count). The number of aryl methyl sites for hydroxylation is 1. The van der Waals surface area contributed by atoms with Crippen LogP contribution in [0.25, 0.3) is 0 Å². The normalized spacial score (nSPS) is 10.7. The van der Waals surface area contributed by atoms with Gasteiger partial charge >= 0.3 is 11.9 Å². The summed E-state index contributed by atoms with van der Waals surface area (Å²) in [5, 5.41) is 0. The van der Waals surface area contributed by atoms with Gasteiger partial charge in [0.05, 0.1) is 44.6 Å². The van der Waals surface area contributed by atoms with Crippen molar-refractivity contribution in [3.05, 3.63) is 41.5 Å². The maximum absolute atomic E-state index is 12.9. The van der Waals surface area contributed by atoms with E-state index >= 15 is 0 Å². The number of ether oxygens (including phenoxy) is 5. The standard InChI is InChI=1S/C20H23NO9S/c1-12-8-13(6-7-16(12)30-11-19(22)28-4)31(24,25)21-15-10-18(27-3)17(26-2)9-14(15)20(23)29-5/h6-10,21H,11H2,1-5H3. The molecule has 0 saturated heterocycles. The molecule has 0 spiro atoms. The van der Waals surface area contributed by atoms with E-state index in [0.29, 0.717) is 11.3 Å². The van der Waals surface area contributed by atoms with Gasteiger partial charge in [-0.1, -0.05) is 0 Å². The number of hydrogen-bond donors (Lipinski definition) is 1. The Morgan fingerprint density at radius 2 is 1.55 bits per heavy atom. The lowest BCUT2D eigenvalue weighted by Gasteiger charge is -2.16. The van der Waals surface area contributed by atoms with Crippen LogP contribution in [0.5, 0.6) is 17.2 Å². The second kappa shape index (κ2) is 10.0. The van der Waals surface area contributed by atoms with E-state index in [1.54, 1.807) is 6.92 Å². The first-order valence-electron chi connectivity index (χ1n) is 8.84. The summed E-state index contributed by atoms with van der Waals surface area (Å²) in [5.41, 5.74) is 0.374. The third kappa shape index (κ3) is 5.57. The number of anilines is 1. The average Bonchev–Trinajstić information content (AvgIpc) is 2.76. The highest BCUT2D eigenvalue weighted by atomic mass is 32.2. The Morgan fingerprint density at radius 1 is 0.903 bits per heavy atom. The molecule has 1 N–H and O–H groups in total. The average molecular weight is 453 g/mol. The van der Waals surface area contributed by atoms with Gasteiger partial charge in [-0.05, 0) is 30.7 Å². The van der Waals surface area contributed by atoms with Crippen LogP contribution in [0.2, 0.25) is 0 Å². The Labute approximate surface area is 180 Å². The maximum atomic E-state index is 12.9. The minimum atomic E-state index is -4.10. The van der Waals surface area contributed by atoms with Crippen molar-refractivity contribution >= 4 is 27.6 Å². The summed E-state index contributed by atoms with van der Waals surface area (Å²) in [6, 6.07) is 6.73. The van der Waals surface area contributed by atoms with E-state index in [9.17, 15) is 18.0 Å².